The molecule has 0 atom stereocenters. The average molecular weight is 198 g/mol. The number of aromatic nitrogens is 1. The number of hydrogen-bond acceptors (Lipinski definition) is 1. The standard InChI is InChI=1S/C13H12NO/c1-14-8-6-13(7-9-14)12-4-2-11(10-15)3-5-12/h2-10H,1H3/q+1. The van der Waals surface area contributed by atoms with Crippen molar-refractivity contribution in [3.05, 3.63) is 54.4 Å². The summed E-state index contributed by atoms with van der Waals surface area (Å²) in [6.45, 7) is 0. The van der Waals surface area contributed by atoms with Gasteiger partial charge in [-0.3, -0.25) is 4.79 Å². The smallest absolute Gasteiger partial charge is 0.169 e. The lowest BCUT2D eigenvalue weighted by atomic mass is 10.1. The maximum atomic E-state index is 10.5. The number of carbonyl (C=O) groups excluding carboxylic acids is 1. The number of hydrogen-bond donors (Lipinski definition) is 0. The van der Waals surface area contributed by atoms with E-state index in [1.165, 1.54) is 0 Å². The minimum Gasteiger partial charge on any atom is -0.298 e. The molecule has 1 heterocycles. The molecule has 2 heteroatoms. The number of pyridine rings is 1. The predicted molar refractivity (Wildman–Crippen MR) is 58.4 cm³/mol. The molecule has 1 aromatic carbocycles. The first-order valence-corrected chi connectivity index (χ1v) is 4.80. The van der Waals surface area contributed by atoms with Crippen LogP contribution in [0.2, 0.25) is 0 Å². The molecule has 0 bridgehead atoms. The van der Waals surface area contributed by atoms with Gasteiger partial charge in [0, 0.05) is 17.7 Å². The van der Waals surface area contributed by atoms with Gasteiger partial charge in [-0.15, -0.1) is 0 Å². The van der Waals surface area contributed by atoms with Crippen molar-refractivity contribution in [2.45, 2.75) is 0 Å². The molecule has 0 saturated carbocycles. The lowest BCUT2D eigenvalue weighted by Gasteiger charge is -1.99. The largest absolute Gasteiger partial charge is 0.298 e. The molecule has 0 unspecified atom stereocenters. The minimum absolute atomic E-state index is 0.709. The van der Waals surface area contributed by atoms with Crippen molar-refractivity contribution in [3.8, 4) is 11.1 Å². The summed E-state index contributed by atoms with van der Waals surface area (Å²) in [5, 5.41) is 0. The molecule has 0 fully saturated rings. The van der Waals surface area contributed by atoms with E-state index >= 15 is 0 Å². The van der Waals surface area contributed by atoms with E-state index in [9.17, 15) is 4.79 Å². The van der Waals surface area contributed by atoms with E-state index in [1.54, 1.807) is 0 Å². The van der Waals surface area contributed by atoms with Crippen LogP contribution in [-0.4, -0.2) is 6.29 Å². The highest BCUT2D eigenvalue weighted by atomic mass is 16.1. The van der Waals surface area contributed by atoms with Crippen molar-refractivity contribution < 1.29 is 9.36 Å². The fraction of sp³-hybridized carbons (Fsp3) is 0.0769. The molecule has 0 spiro atoms. The van der Waals surface area contributed by atoms with E-state index < -0.39 is 0 Å². The number of aryl methyl sites for hydroxylation is 1. The Morgan fingerprint density at radius 3 is 2.00 bits per heavy atom. The van der Waals surface area contributed by atoms with Crippen LogP contribution in [0.15, 0.2) is 48.8 Å². The Morgan fingerprint density at radius 1 is 0.933 bits per heavy atom. The Labute approximate surface area is 88.8 Å². The van der Waals surface area contributed by atoms with Gasteiger partial charge < -0.3 is 0 Å². The highest BCUT2D eigenvalue weighted by molar-refractivity contribution is 5.76. The first kappa shape index (κ1) is 9.59. The third-order valence-electron chi connectivity index (χ3n) is 2.36. The van der Waals surface area contributed by atoms with Crippen molar-refractivity contribution in [3.63, 3.8) is 0 Å². The van der Waals surface area contributed by atoms with Crippen molar-refractivity contribution in [1.82, 2.24) is 0 Å². The van der Waals surface area contributed by atoms with Crippen molar-refractivity contribution >= 4 is 6.29 Å². The molecule has 15 heavy (non-hydrogen) atoms. The summed E-state index contributed by atoms with van der Waals surface area (Å²) >= 11 is 0. The molecule has 2 nitrogen and oxygen atoms in total. The maximum Gasteiger partial charge on any atom is 0.169 e. The zero-order chi connectivity index (χ0) is 10.7. The van der Waals surface area contributed by atoms with Crippen LogP contribution in [0.5, 0.6) is 0 Å². The first-order valence-electron chi connectivity index (χ1n) is 4.80. The SMILES string of the molecule is C[n+]1ccc(-c2ccc(C=O)cc2)cc1. The van der Waals surface area contributed by atoms with Crippen LogP contribution < -0.4 is 4.57 Å². The molecule has 0 saturated heterocycles. The van der Waals surface area contributed by atoms with Gasteiger partial charge in [-0.25, -0.2) is 4.57 Å². The van der Waals surface area contributed by atoms with Gasteiger partial charge in [-0.05, 0) is 11.1 Å². The monoisotopic (exact) mass is 198 g/mol. The molecule has 0 amide bonds. The second kappa shape index (κ2) is 4.05. The molecule has 0 radical (unpaired) electrons. The minimum atomic E-state index is 0.709. The Morgan fingerprint density at radius 2 is 1.47 bits per heavy atom. The van der Waals surface area contributed by atoms with Crippen molar-refractivity contribution in [2.24, 2.45) is 7.05 Å². The van der Waals surface area contributed by atoms with Crippen LogP contribution in [0.1, 0.15) is 10.4 Å². The Balaban J connectivity index is 2.37. The maximum absolute atomic E-state index is 10.5. The van der Waals surface area contributed by atoms with E-state index in [0.717, 1.165) is 17.4 Å². The van der Waals surface area contributed by atoms with E-state index in [-0.39, 0.29) is 0 Å². The van der Waals surface area contributed by atoms with Crippen LogP contribution in [0.3, 0.4) is 0 Å². The lowest BCUT2D eigenvalue weighted by molar-refractivity contribution is -0.671. The topological polar surface area (TPSA) is 20.9 Å². The first-order chi connectivity index (χ1) is 7.29. The molecule has 0 aliphatic rings. The zero-order valence-electron chi connectivity index (χ0n) is 8.55. The Hall–Kier alpha value is -1.96. The number of benzene rings is 1. The lowest BCUT2D eigenvalue weighted by Crippen LogP contribution is -2.25. The van der Waals surface area contributed by atoms with Crippen LogP contribution in [-0.2, 0) is 7.05 Å². The molecule has 1 aromatic heterocycles. The molecule has 2 rings (SSSR count). The second-order valence-corrected chi connectivity index (χ2v) is 3.49. The van der Waals surface area contributed by atoms with Crippen LogP contribution >= 0.6 is 0 Å². The van der Waals surface area contributed by atoms with E-state index in [1.807, 2.05) is 48.3 Å². The highest BCUT2D eigenvalue weighted by Gasteiger charge is 1.99. The summed E-state index contributed by atoms with van der Waals surface area (Å²) in [4.78, 5) is 10.5. The molecular weight excluding hydrogens is 186 g/mol. The van der Waals surface area contributed by atoms with Gasteiger partial charge in [0.25, 0.3) is 0 Å². The van der Waals surface area contributed by atoms with Gasteiger partial charge in [0.2, 0.25) is 0 Å². The van der Waals surface area contributed by atoms with Gasteiger partial charge in [-0.1, -0.05) is 24.3 Å². The average Bonchev–Trinajstić information content (AvgIpc) is 2.30. The normalized spacial score (nSPS) is 9.93. The summed E-state index contributed by atoms with van der Waals surface area (Å²) in [5.74, 6) is 0. The van der Waals surface area contributed by atoms with E-state index in [4.69, 9.17) is 0 Å². The number of aldehydes is 1. The van der Waals surface area contributed by atoms with Crippen LogP contribution in [0.25, 0.3) is 11.1 Å². The van der Waals surface area contributed by atoms with Gasteiger partial charge in [0.05, 0.1) is 0 Å². The summed E-state index contributed by atoms with van der Waals surface area (Å²) in [7, 11) is 1.99. The number of rotatable bonds is 2. The van der Waals surface area contributed by atoms with Crippen molar-refractivity contribution in [2.75, 3.05) is 0 Å². The number of carbonyl (C=O) groups is 1. The molecule has 0 aliphatic carbocycles. The van der Waals surface area contributed by atoms with Gasteiger partial charge in [0.15, 0.2) is 12.4 Å². The van der Waals surface area contributed by atoms with Gasteiger partial charge >= 0.3 is 0 Å². The molecule has 74 valence electrons. The summed E-state index contributed by atoms with van der Waals surface area (Å²) in [6.07, 6.45) is 4.86. The van der Waals surface area contributed by atoms with Crippen LogP contribution in [0.4, 0.5) is 0 Å². The summed E-state index contributed by atoms with van der Waals surface area (Å²) in [5.41, 5.74) is 2.99. The van der Waals surface area contributed by atoms with Crippen LogP contribution in [0, 0.1) is 0 Å². The Bertz CT molecular complexity index is 457. The Kier molecular flexibility index (Phi) is 2.59. The third kappa shape index (κ3) is 2.10. The highest BCUT2D eigenvalue weighted by Crippen LogP contribution is 2.17. The molecule has 0 N–H and O–H groups in total. The summed E-state index contributed by atoms with van der Waals surface area (Å²) in [6, 6.07) is 11.7. The van der Waals surface area contributed by atoms with E-state index in [2.05, 4.69) is 12.1 Å². The molecular formula is C13H12NO+. The quantitative estimate of drug-likeness (QED) is 0.534. The fourth-order valence-corrected chi connectivity index (χ4v) is 1.45. The van der Waals surface area contributed by atoms with E-state index in [0.29, 0.717) is 5.56 Å². The predicted octanol–water partition coefficient (Wildman–Crippen LogP) is 1.99. The second-order valence-electron chi connectivity index (χ2n) is 3.49. The fourth-order valence-electron chi connectivity index (χ4n) is 1.45. The van der Waals surface area contributed by atoms with Crippen molar-refractivity contribution in [1.29, 1.82) is 0 Å². The summed E-state index contributed by atoms with van der Waals surface area (Å²) < 4.78 is 1.99. The molecule has 0 aliphatic heterocycles. The number of nitrogens with zero attached hydrogens (tertiary/aromatic N) is 1. The van der Waals surface area contributed by atoms with Gasteiger partial charge in [0.1, 0.15) is 13.3 Å². The van der Waals surface area contributed by atoms with Gasteiger partial charge in [-0.2, -0.15) is 0 Å². The third-order valence-corrected chi connectivity index (χ3v) is 2.36. The zero-order valence-corrected chi connectivity index (χ0v) is 8.55. The molecule has 2 aromatic rings.